The van der Waals surface area contributed by atoms with Crippen LogP contribution < -0.4 is 14.8 Å². The molecule has 1 amide bonds. The standard InChI is InChI=1S/C25H20F4N2O5/c1-2-35-21-8-3-14(13-30-21)17-6-4-15(11-18(17)22(32)33)31-23(34)24(9-10-24)19-7-5-16(12-20(19)26)36-25(27,28)29/h3-8,11-13H,2,9-10H2,1H3,(H,31,34)(H,32,33). The van der Waals surface area contributed by atoms with Gasteiger partial charge >= 0.3 is 12.3 Å². The molecule has 188 valence electrons. The Hall–Kier alpha value is -4.15. The minimum absolute atomic E-state index is 0.0648. The van der Waals surface area contributed by atoms with Crippen molar-refractivity contribution in [3.8, 4) is 22.8 Å². The van der Waals surface area contributed by atoms with Gasteiger partial charge in [0.2, 0.25) is 11.8 Å². The molecule has 3 aromatic rings. The summed E-state index contributed by atoms with van der Waals surface area (Å²) in [4.78, 5) is 29.1. The second kappa shape index (κ2) is 9.48. The van der Waals surface area contributed by atoms with E-state index in [1.165, 1.54) is 24.4 Å². The van der Waals surface area contributed by atoms with E-state index in [1.54, 1.807) is 12.1 Å². The lowest BCUT2D eigenvalue weighted by atomic mass is 9.93. The fourth-order valence-corrected chi connectivity index (χ4v) is 3.90. The van der Waals surface area contributed by atoms with Crippen molar-refractivity contribution in [2.24, 2.45) is 0 Å². The molecule has 2 aromatic carbocycles. The van der Waals surface area contributed by atoms with Crippen LogP contribution in [0.4, 0.5) is 23.2 Å². The van der Waals surface area contributed by atoms with E-state index in [2.05, 4.69) is 15.0 Å². The molecule has 0 atom stereocenters. The minimum Gasteiger partial charge on any atom is -0.478 e. The maximum Gasteiger partial charge on any atom is 0.573 e. The average molecular weight is 504 g/mol. The number of hydrogen-bond acceptors (Lipinski definition) is 5. The van der Waals surface area contributed by atoms with Gasteiger partial charge in [-0.25, -0.2) is 14.2 Å². The number of carboxylic acid groups (broad SMARTS) is 1. The largest absolute Gasteiger partial charge is 0.573 e. The molecule has 11 heteroatoms. The van der Waals surface area contributed by atoms with Gasteiger partial charge in [0, 0.05) is 35.1 Å². The van der Waals surface area contributed by atoms with Crippen LogP contribution in [0.15, 0.2) is 54.7 Å². The Bertz CT molecular complexity index is 1300. The normalized spacial score (nSPS) is 14.1. The number of nitrogens with one attached hydrogen (secondary N) is 1. The second-order valence-electron chi connectivity index (χ2n) is 8.11. The van der Waals surface area contributed by atoms with E-state index in [1.807, 2.05) is 6.92 Å². The first-order valence-electron chi connectivity index (χ1n) is 10.9. The first kappa shape index (κ1) is 25.0. The van der Waals surface area contributed by atoms with E-state index in [9.17, 15) is 32.3 Å². The summed E-state index contributed by atoms with van der Waals surface area (Å²) in [6, 6.07) is 10.2. The highest BCUT2D eigenvalue weighted by atomic mass is 19.4. The number of carbonyl (C=O) groups excluding carboxylic acids is 1. The number of amides is 1. The summed E-state index contributed by atoms with van der Waals surface area (Å²) in [5.41, 5.74) is -0.376. The van der Waals surface area contributed by atoms with Crippen molar-refractivity contribution < 1.29 is 41.7 Å². The molecule has 1 aromatic heterocycles. The minimum atomic E-state index is -4.97. The third-order valence-electron chi connectivity index (χ3n) is 5.72. The van der Waals surface area contributed by atoms with Crippen molar-refractivity contribution in [1.82, 2.24) is 4.98 Å². The van der Waals surface area contributed by atoms with Crippen LogP contribution in [0.3, 0.4) is 0 Å². The summed E-state index contributed by atoms with van der Waals surface area (Å²) in [6.45, 7) is 2.24. The van der Waals surface area contributed by atoms with E-state index in [0.29, 0.717) is 29.7 Å². The topological polar surface area (TPSA) is 97.8 Å². The summed E-state index contributed by atoms with van der Waals surface area (Å²) in [6.07, 6.45) is -2.95. The molecule has 0 bridgehead atoms. The van der Waals surface area contributed by atoms with Gasteiger partial charge in [-0.1, -0.05) is 12.1 Å². The molecular formula is C25H20F4N2O5. The second-order valence-corrected chi connectivity index (χ2v) is 8.11. The van der Waals surface area contributed by atoms with Gasteiger partial charge in [-0.3, -0.25) is 4.79 Å². The zero-order valence-electron chi connectivity index (χ0n) is 18.9. The summed E-state index contributed by atoms with van der Waals surface area (Å²) < 4.78 is 60.9. The van der Waals surface area contributed by atoms with Crippen molar-refractivity contribution in [3.05, 3.63) is 71.7 Å². The molecule has 4 rings (SSSR count). The van der Waals surface area contributed by atoms with Crippen LogP contribution >= 0.6 is 0 Å². The highest BCUT2D eigenvalue weighted by Crippen LogP contribution is 2.50. The smallest absolute Gasteiger partial charge is 0.478 e. The summed E-state index contributed by atoms with van der Waals surface area (Å²) >= 11 is 0. The number of rotatable bonds is 8. The summed E-state index contributed by atoms with van der Waals surface area (Å²) in [5.74, 6) is -3.18. The zero-order chi connectivity index (χ0) is 26.1. The van der Waals surface area contributed by atoms with Crippen LogP contribution in [0.2, 0.25) is 0 Å². The van der Waals surface area contributed by atoms with Crippen molar-refractivity contribution >= 4 is 17.6 Å². The predicted molar refractivity (Wildman–Crippen MR) is 120 cm³/mol. The fraction of sp³-hybridized carbons (Fsp3) is 0.240. The number of pyridine rings is 1. The van der Waals surface area contributed by atoms with E-state index >= 15 is 0 Å². The molecule has 36 heavy (non-hydrogen) atoms. The Morgan fingerprint density at radius 1 is 1.11 bits per heavy atom. The van der Waals surface area contributed by atoms with Gasteiger partial charge in [-0.05, 0) is 49.6 Å². The van der Waals surface area contributed by atoms with Crippen LogP contribution in [-0.4, -0.2) is 34.9 Å². The van der Waals surface area contributed by atoms with Gasteiger partial charge in [0.15, 0.2) is 0 Å². The third-order valence-corrected chi connectivity index (χ3v) is 5.72. The highest BCUT2D eigenvalue weighted by Gasteiger charge is 2.53. The Kier molecular flexibility index (Phi) is 6.57. The average Bonchev–Trinajstić information content (AvgIpc) is 3.61. The predicted octanol–water partition coefficient (Wildman–Crippen LogP) is 5.55. The Morgan fingerprint density at radius 2 is 1.86 bits per heavy atom. The van der Waals surface area contributed by atoms with Crippen molar-refractivity contribution in [2.45, 2.75) is 31.5 Å². The van der Waals surface area contributed by atoms with Crippen LogP contribution in [0.5, 0.6) is 11.6 Å². The monoisotopic (exact) mass is 504 g/mol. The van der Waals surface area contributed by atoms with E-state index in [-0.39, 0.29) is 29.7 Å². The number of anilines is 1. The van der Waals surface area contributed by atoms with Crippen molar-refractivity contribution in [1.29, 1.82) is 0 Å². The Labute approximate surface area is 202 Å². The maximum atomic E-state index is 14.6. The molecule has 0 radical (unpaired) electrons. The lowest BCUT2D eigenvalue weighted by molar-refractivity contribution is -0.274. The van der Waals surface area contributed by atoms with Gasteiger partial charge in [0.1, 0.15) is 11.6 Å². The maximum absolute atomic E-state index is 14.6. The quantitative estimate of drug-likeness (QED) is 0.390. The number of benzene rings is 2. The summed E-state index contributed by atoms with van der Waals surface area (Å²) in [7, 11) is 0. The first-order valence-corrected chi connectivity index (χ1v) is 10.9. The number of hydrogen-bond donors (Lipinski definition) is 2. The molecule has 1 aliphatic carbocycles. The molecule has 1 saturated carbocycles. The molecular weight excluding hydrogens is 484 g/mol. The van der Waals surface area contributed by atoms with Crippen LogP contribution in [-0.2, 0) is 10.2 Å². The number of ether oxygens (including phenoxy) is 2. The van der Waals surface area contributed by atoms with Crippen LogP contribution in [0.25, 0.3) is 11.1 Å². The van der Waals surface area contributed by atoms with Gasteiger partial charge in [-0.2, -0.15) is 0 Å². The van der Waals surface area contributed by atoms with Crippen LogP contribution in [0, 0.1) is 5.82 Å². The van der Waals surface area contributed by atoms with E-state index in [4.69, 9.17) is 4.74 Å². The summed E-state index contributed by atoms with van der Waals surface area (Å²) in [5, 5.41) is 12.3. The SMILES string of the molecule is CCOc1ccc(-c2ccc(NC(=O)C3(c4ccc(OC(F)(F)F)cc4F)CC3)cc2C(=O)O)cn1. The molecule has 1 heterocycles. The number of aromatic nitrogens is 1. The van der Waals surface area contributed by atoms with Gasteiger partial charge in [-0.15, -0.1) is 13.2 Å². The van der Waals surface area contributed by atoms with E-state index < -0.39 is 35.2 Å². The lowest BCUT2D eigenvalue weighted by Crippen LogP contribution is -2.29. The zero-order valence-corrected chi connectivity index (χ0v) is 18.9. The molecule has 0 aliphatic heterocycles. The number of aromatic carboxylic acids is 1. The fourth-order valence-electron chi connectivity index (χ4n) is 3.90. The van der Waals surface area contributed by atoms with Gasteiger partial charge < -0.3 is 19.9 Å². The molecule has 7 nitrogen and oxygen atoms in total. The Morgan fingerprint density at radius 3 is 2.42 bits per heavy atom. The molecule has 0 spiro atoms. The van der Waals surface area contributed by atoms with Gasteiger partial charge in [0.25, 0.3) is 0 Å². The van der Waals surface area contributed by atoms with Crippen molar-refractivity contribution in [3.63, 3.8) is 0 Å². The molecule has 0 saturated heterocycles. The number of nitrogens with zero attached hydrogens (tertiary/aromatic N) is 1. The molecule has 1 fully saturated rings. The lowest BCUT2D eigenvalue weighted by Gasteiger charge is -2.18. The number of alkyl halides is 3. The molecule has 1 aliphatic rings. The number of carbonyl (C=O) groups is 2. The van der Waals surface area contributed by atoms with Crippen LogP contribution in [0.1, 0.15) is 35.7 Å². The molecule has 2 N–H and O–H groups in total. The van der Waals surface area contributed by atoms with Crippen molar-refractivity contribution in [2.75, 3.05) is 11.9 Å². The number of halogens is 4. The highest BCUT2D eigenvalue weighted by molar-refractivity contribution is 6.03. The third kappa shape index (κ3) is 5.24. The first-order chi connectivity index (χ1) is 17.0. The molecule has 0 unspecified atom stereocenters. The van der Waals surface area contributed by atoms with Gasteiger partial charge in [0.05, 0.1) is 17.6 Å². The Balaban J connectivity index is 1.56. The number of carboxylic acids is 1. The van der Waals surface area contributed by atoms with E-state index in [0.717, 1.165) is 12.1 Å².